The van der Waals surface area contributed by atoms with Crippen LogP contribution >= 0.6 is 22.9 Å². The maximum atomic E-state index is 14.6. The number of benzene rings is 1. The molecule has 3 N–H and O–H groups in total. The minimum atomic E-state index is -0.646. The smallest absolute Gasteiger partial charge is 0.279 e. The standard InChI is InChI=1S/C23H22ClFN4O4S/c1-33-18-12-28(11-17(18)27-23(32)19-7-8-20(24)34-19)13-21(30)26-16-6-5-14(10-15(16)25)29-9-3-2-4-22(29)31/h2-10,17-18H,11-13H2,1H3,(H,26,30)(H,27,32)/p+1/t17-,18-/m0/s1. The average molecular weight is 506 g/mol. The van der Waals surface area contributed by atoms with Crippen molar-refractivity contribution >= 4 is 40.4 Å². The van der Waals surface area contributed by atoms with E-state index in [1.165, 1.54) is 34.1 Å². The van der Waals surface area contributed by atoms with Crippen molar-refractivity contribution in [1.82, 2.24) is 9.88 Å². The largest absolute Gasteiger partial charge is 0.373 e. The van der Waals surface area contributed by atoms with Crippen molar-refractivity contribution in [3.05, 3.63) is 80.1 Å². The monoisotopic (exact) mass is 505 g/mol. The number of hydrogen-bond acceptors (Lipinski definition) is 5. The van der Waals surface area contributed by atoms with E-state index < -0.39 is 5.82 Å². The first-order valence-electron chi connectivity index (χ1n) is 10.5. The Morgan fingerprint density at radius 2 is 2.06 bits per heavy atom. The van der Waals surface area contributed by atoms with Crippen LogP contribution in [0.25, 0.3) is 5.69 Å². The number of likely N-dealkylation sites (tertiary alicyclic amines) is 1. The third kappa shape index (κ3) is 5.53. The van der Waals surface area contributed by atoms with Gasteiger partial charge in [-0.15, -0.1) is 11.3 Å². The van der Waals surface area contributed by atoms with Crippen molar-refractivity contribution in [3.8, 4) is 5.69 Å². The van der Waals surface area contributed by atoms with Crippen LogP contribution in [0.3, 0.4) is 0 Å². The Labute approximate surface area is 203 Å². The normalized spacial score (nSPS) is 19.7. The summed E-state index contributed by atoms with van der Waals surface area (Å²) in [6.45, 7) is 1.07. The first-order valence-corrected chi connectivity index (χ1v) is 11.7. The van der Waals surface area contributed by atoms with E-state index in [1.807, 2.05) is 0 Å². The van der Waals surface area contributed by atoms with E-state index >= 15 is 0 Å². The molecule has 3 atom stereocenters. The Bertz CT molecular complexity index is 1260. The number of carbonyl (C=O) groups is 2. The fourth-order valence-corrected chi connectivity index (χ4v) is 4.93. The average Bonchev–Trinajstić information content (AvgIpc) is 3.41. The summed E-state index contributed by atoms with van der Waals surface area (Å²) in [6.07, 6.45) is 1.28. The first kappa shape index (κ1) is 24.1. The lowest BCUT2D eigenvalue weighted by atomic mass is 10.2. The zero-order valence-electron chi connectivity index (χ0n) is 18.2. The fourth-order valence-electron chi connectivity index (χ4n) is 3.98. The number of nitrogens with zero attached hydrogens (tertiary/aromatic N) is 1. The summed E-state index contributed by atoms with van der Waals surface area (Å²) in [5.41, 5.74) is 0.103. The summed E-state index contributed by atoms with van der Waals surface area (Å²) in [6, 6.07) is 11.9. The number of amides is 2. The number of ether oxygens (including phenoxy) is 1. The highest BCUT2D eigenvalue weighted by molar-refractivity contribution is 7.18. The van der Waals surface area contributed by atoms with Gasteiger partial charge in [-0.1, -0.05) is 17.7 Å². The number of pyridine rings is 1. The van der Waals surface area contributed by atoms with Crippen LogP contribution in [0.2, 0.25) is 4.34 Å². The maximum absolute atomic E-state index is 14.6. The zero-order chi connectivity index (χ0) is 24.2. The molecule has 2 amide bonds. The molecule has 8 nitrogen and oxygen atoms in total. The summed E-state index contributed by atoms with van der Waals surface area (Å²) in [4.78, 5) is 38.4. The van der Waals surface area contributed by atoms with E-state index in [1.54, 1.807) is 43.6 Å². The van der Waals surface area contributed by atoms with Crippen molar-refractivity contribution < 1.29 is 23.6 Å². The van der Waals surface area contributed by atoms with Crippen LogP contribution in [-0.2, 0) is 9.53 Å². The molecule has 1 unspecified atom stereocenters. The molecule has 4 rings (SSSR count). The number of thiophene rings is 1. The van der Waals surface area contributed by atoms with Gasteiger partial charge in [0.2, 0.25) is 0 Å². The molecule has 0 bridgehead atoms. The molecular formula is C23H23ClFN4O4S+. The van der Waals surface area contributed by atoms with Crippen LogP contribution in [0.5, 0.6) is 0 Å². The molecule has 178 valence electrons. The maximum Gasteiger partial charge on any atom is 0.279 e. The second-order valence-electron chi connectivity index (χ2n) is 7.91. The van der Waals surface area contributed by atoms with Crippen LogP contribution in [0, 0.1) is 5.82 Å². The van der Waals surface area contributed by atoms with Crippen molar-refractivity contribution in [2.75, 3.05) is 32.1 Å². The van der Waals surface area contributed by atoms with Gasteiger partial charge in [-0.05, 0) is 30.3 Å². The molecule has 0 radical (unpaired) electrons. The minimum Gasteiger partial charge on any atom is -0.373 e. The highest BCUT2D eigenvalue weighted by atomic mass is 35.5. The van der Waals surface area contributed by atoms with Crippen molar-refractivity contribution in [1.29, 1.82) is 0 Å². The van der Waals surface area contributed by atoms with Gasteiger partial charge in [-0.3, -0.25) is 19.0 Å². The minimum absolute atomic E-state index is 0.0269. The number of halogens is 2. The number of quaternary nitrogens is 1. The molecule has 1 fully saturated rings. The molecule has 3 heterocycles. The summed E-state index contributed by atoms with van der Waals surface area (Å²) < 4.78 is 22.0. The zero-order valence-corrected chi connectivity index (χ0v) is 19.8. The fraction of sp³-hybridized carbons (Fsp3) is 0.261. The predicted octanol–water partition coefficient (Wildman–Crippen LogP) is 1.34. The van der Waals surface area contributed by atoms with Gasteiger partial charge in [0, 0.05) is 25.4 Å². The highest BCUT2D eigenvalue weighted by Gasteiger charge is 2.38. The Morgan fingerprint density at radius 1 is 1.24 bits per heavy atom. The molecule has 11 heteroatoms. The Kier molecular flexibility index (Phi) is 7.42. The predicted molar refractivity (Wildman–Crippen MR) is 128 cm³/mol. The highest BCUT2D eigenvalue weighted by Crippen LogP contribution is 2.21. The van der Waals surface area contributed by atoms with Gasteiger partial charge in [0.15, 0.2) is 6.54 Å². The van der Waals surface area contributed by atoms with Gasteiger partial charge in [-0.2, -0.15) is 0 Å². The molecule has 1 aliphatic rings. The van der Waals surface area contributed by atoms with E-state index in [-0.39, 0.29) is 41.8 Å². The third-order valence-electron chi connectivity index (χ3n) is 5.60. The van der Waals surface area contributed by atoms with Gasteiger partial charge in [0.1, 0.15) is 31.1 Å². The van der Waals surface area contributed by atoms with Crippen molar-refractivity contribution in [3.63, 3.8) is 0 Å². The lowest BCUT2D eigenvalue weighted by Crippen LogP contribution is -3.12. The van der Waals surface area contributed by atoms with Gasteiger partial charge < -0.3 is 20.3 Å². The number of methoxy groups -OCH3 is 1. The molecule has 34 heavy (non-hydrogen) atoms. The Hall–Kier alpha value is -3.05. The Balaban J connectivity index is 1.36. The van der Waals surface area contributed by atoms with Gasteiger partial charge in [-0.25, -0.2) is 4.39 Å². The van der Waals surface area contributed by atoms with Crippen molar-refractivity contribution in [2.24, 2.45) is 0 Å². The van der Waals surface area contributed by atoms with Crippen molar-refractivity contribution in [2.45, 2.75) is 12.1 Å². The summed E-state index contributed by atoms with van der Waals surface area (Å²) in [7, 11) is 1.56. The van der Waals surface area contributed by atoms with E-state index in [9.17, 15) is 18.8 Å². The van der Waals surface area contributed by atoms with Gasteiger partial charge in [0.25, 0.3) is 17.4 Å². The van der Waals surface area contributed by atoms with E-state index in [0.717, 1.165) is 4.90 Å². The van der Waals surface area contributed by atoms with Gasteiger partial charge >= 0.3 is 0 Å². The number of nitrogens with one attached hydrogen (secondary N) is 3. The second kappa shape index (κ2) is 10.5. The lowest BCUT2D eigenvalue weighted by molar-refractivity contribution is -0.880. The molecular weight excluding hydrogens is 483 g/mol. The number of rotatable bonds is 7. The summed E-state index contributed by atoms with van der Waals surface area (Å²) in [5, 5.41) is 5.53. The van der Waals surface area contributed by atoms with E-state index in [2.05, 4.69) is 10.6 Å². The quantitative estimate of drug-likeness (QED) is 0.452. The van der Waals surface area contributed by atoms with E-state index in [4.69, 9.17) is 16.3 Å². The van der Waals surface area contributed by atoms with Crippen LogP contribution in [0.1, 0.15) is 9.67 Å². The number of anilines is 1. The molecule has 1 aromatic carbocycles. The molecule has 1 aliphatic heterocycles. The third-order valence-corrected chi connectivity index (χ3v) is 6.83. The number of hydrogen-bond donors (Lipinski definition) is 3. The first-order chi connectivity index (χ1) is 16.3. The number of aromatic nitrogens is 1. The van der Waals surface area contributed by atoms with Crippen LogP contribution in [-0.4, -0.2) is 55.3 Å². The lowest BCUT2D eigenvalue weighted by Gasteiger charge is -2.15. The van der Waals surface area contributed by atoms with Crippen LogP contribution in [0.4, 0.5) is 10.1 Å². The SMILES string of the molecule is CO[C@H]1C[NH+](CC(=O)Nc2ccc(-n3ccccc3=O)cc2F)C[C@@H]1NC(=O)c1ccc(Cl)s1. The summed E-state index contributed by atoms with van der Waals surface area (Å²) in [5.74, 6) is -1.26. The molecule has 0 aliphatic carbocycles. The van der Waals surface area contributed by atoms with Crippen LogP contribution < -0.4 is 21.1 Å². The van der Waals surface area contributed by atoms with Gasteiger partial charge in [0.05, 0.1) is 20.6 Å². The molecule has 0 saturated carbocycles. The molecule has 1 saturated heterocycles. The van der Waals surface area contributed by atoms with Crippen LogP contribution in [0.15, 0.2) is 59.5 Å². The summed E-state index contributed by atoms with van der Waals surface area (Å²) >= 11 is 7.09. The molecule has 0 spiro atoms. The topological polar surface area (TPSA) is 93.9 Å². The Morgan fingerprint density at radius 3 is 2.74 bits per heavy atom. The molecule has 3 aromatic rings. The second-order valence-corrected chi connectivity index (χ2v) is 9.63. The van der Waals surface area contributed by atoms with E-state index in [0.29, 0.717) is 28.0 Å². The molecule has 2 aromatic heterocycles. The number of carbonyl (C=O) groups excluding carboxylic acids is 2.